The summed E-state index contributed by atoms with van der Waals surface area (Å²) in [5, 5.41) is 20.1. The van der Waals surface area contributed by atoms with Crippen LogP contribution in [0.15, 0.2) is 18.2 Å². The molecule has 0 aliphatic carbocycles. The molecule has 1 aromatic carbocycles. The molecule has 0 amide bonds. The Hall–Kier alpha value is -1.82. The number of hydrogen-bond acceptors (Lipinski definition) is 4. The van der Waals surface area contributed by atoms with Gasteiger partial charge in [-0.1, -0.05) is 17.7 Å². The number of halogens is 1. The number of piperidine rings is 1. The van der Waals surface area contributed by atoms with Crippen LogP contribution in [0.4, 0.5) is 11.4 Å². The topological polar surface area (TPSA) is 83.7 Å². The van der Waals surface area contributed by atoms with Crippen molar-refractivity contribution in [1.82, 2.24) is 0 Å². The van der Waals surface area contributed by atoms with E-state index in [-0.39, 0.29) is 16.6 Å². The molecule has 1 aromatic rings. The molecule has 0 radical (unpaired) electrons. The smallest absolute Gasteiger partial charge is 0.310 e. The van der Waals surface area contributed by atoms with Crippen LogP contribution in [0.1, 0.15) is 12.8 Å². The fourth-order valence-electron chi connectivity index (χ4n) is 2.31. The van der Waals surface area contributed by atoms with Crippen molar-refractivity contribution in [2.75, 3.05) is 18.0 Å². The van der Waals surface area contributed by atoms with Gasteiger partial charge in [0, 0.05) is 13.1 Å². The highest BCUT2D eigenvalue weighted by atomic mass is 35.5. The molecule has 1 aliphatic heterocycles. The highest BCUT2D eigenvalue weighted by Gasteiger charge is 2.29. The molecule has 7 heteroatoms. The molecule has 1 N–H and O–H groups in total. The van der Waals surface area contributed by atoms with Crippen LogP contribution in [0.3, 0.4) is 0 Å². The molecule has 0 saturated carbocycles. The number of nitro groups is 1. The van der Waals surface area contributed by atoms with Crippen LogP contribution in [0.2, 0.25) is 5.02 Å². The number of anilines is 1. The number of carboxylic acid groups (broad SMARTS) is 1. The van der Waals surface area contributed by atoms with Crippen LogP contribution < -0.4 is 4.90 Å². The average molecular weight is 285 g/mol. The molecule has 0 unspecified atom stereocenters. The largest absolute Gasteiger partial charge is 0.481 e. The Morgan fingerprint density at radius 3 is 2.58 bits per heavy atom. The second kappa shape index (κ2) is 5.44. The van der Waals surface area contributed by atoms with E-state index in [1.807, 2.05) is 4.90 Å². The van der Waals surface area contributed by atoms with E-state index in [1.165, 1.54) is 6.07 Å². The first-order chi connectivity index (χ1) is 9.00. The lowest BCUT2D eigenvalue weighted by Gasteiger charge is -2.31. The van der Waals surface area contributed by atoms with Crippen molar-refractivity contribution in [1.29, 1.82) is 0 Å². The third-order valence-corrected chi connectivity index (χ3v) is 3.64. The predicted molar refractivity (Wildman–Crippen MR) is 70.7 cm³/mol. The van der Waals surface area contributed by atoms with E-state index in [9.17, 15) is 14.9 Å². The fraction of sp³-hybridized carbons (Fsp3) is 0.417. The van der Waals surface area contributed by atoms with Crippen LogP contribution in [-0.4, -0.2) is 29.1 Å². The summed E-state index contributed by atoms with van der Waals surface area (Å²) in [4.78, 5) is 23.3. The molecule has 0 spiro atoms. The van der Waals surface area contributed by atoms with E-state index in [4.69, 9.17) is 16.7 Å². The van der Waals surface area contributed by atoms with Crippen LogP contribution in [0, 0.1) is 16.0 Å². The summed E-state index contributed by atoms with van der Waals surface area (Å²) in [6.45, 7) is 0.969. The highest BCUT2D eigenvalue weighted by molar-refractivity contribution is 6.33. The number of benzene rings is 1. The second-order valence-electron chi connectivity index (χ2n) is 4.46. The van der Waals surface area contributed by atoms with E-state index < -0.39 is 10.9 Å². The van der Waals surface area contributed by atoms with E-state index >= 15 is 0 Å². The Morgan fingerprint density at radius 2 is 2.05 bits per heavy atom. The van der Waals surface area contributed by atoms with Crippen LogP contribution in [0.25, 0.3) is 0 Å². The molecule has 1 saturated heterocycles. The lowest BCUT2D eigenvalue weighted by molar-refractivity contribution is -0.384. The summed E-state index contributed by atoms with van der Waals surface area (Å²) in [5.74, 6) is -1.17. The molecule has 1 heterocycles. The maximum Gasteiger partial charge on any atom is 0.310 e. The summed E-state index contributed by atoms with van der Waals surface area (Å²) in [5.41, 5.74) is 0.347. The number of hydrogen-bond donors (Lipinski definition) is 1. The third-order valence-electron chi connectivity index (χ3n) is 3.33. The first kappa shape index (κ1) is 13.6. The zero-order valence-corrected chi connectivity index (χ0v) is 10.8. The molecule has 102 valence electrons. The minimum atomic E-state index is -0.805. The standard InChI is InChI=1S/C12H13ClN2O4/c13-9-2-1-3-10(11(9)15(18)19)14-6-4-8(5-7-14)12(16)17/h1-3,8H,4-7H2,(H,16,17). The predicted octanol–water partition coefficient (Wildman–Crippen LogP) is 2.55. The fourth-order valence-corrected chi connectivity index (χ4v) is 2.55. The minimum Gasteiger partial charge on any atom is -0.481 e. The van der Waals surface area contributed by atoms with E-state index in [2.05, 4.69) is 0 Å². The number of carbonyl (C=O) groups is 1. The molecule has 0 bridgehead atoms. The van der Waals surface area contributed by atoms with Gasteiger partial charge in [-0.25, -0.2) is 0 Å². The van der Waals surface area contributed by atoms with Gasteiger partial charge in [-0.05, 0) is 25.0 Å². The molecule has 1 fully saturated rings. The van der Waals surface area contributed by atoms with Gasteiger partial charge in [-0.3, -0.25) is 14.9 Å². The number of aliphatic carboxylic acids is 1. The average Bonchev–Trinajstić information content (AvgIpc) is 2.38. The summed E-state index contributed by atoms with van der Waals surface area (Å²) < 4.78 is 0. The summed E-state index contributed by atoms with van der Waals surface area (Å²) in [7, 11) is 0. The molecule has 6 nitrogen and oxygen atoms in total. The van der Waals surface area contributed by atoms with Crippen molar-refractivity contribution in [3.63, 3.8) is 0 Å². The summed E-state index contributed by atoms with van der Waals surface area (Å²) in [6, 6.07) is 4.78. The molecule has 2 rings (SSSR count). The van der Waals surface area contributed by atoms with Crippen LogP contribution in [0.5, 0.6) is 0 Å². The van der Waals surface area contributed by atoms with Crippen molar-refractivity contribution < 1.29 is 14.8 Å². The molecular weight excluding hydrogens is 272 g/mol. The number of nitro benzene ring substituents is 1. The van der Waals surface area contributed by atoms with Gasteiger partial charge in [0.1, 0.15) is 10.7 Å². The quantitative estimate of drug-likeness (QED) is 0.681. The normalized spacial score (nSPS) is 16.4. The third kappa shape index (κ3) is 2.78. The number of carboxylic acids is 1. The first-order valence-electron chi connectivity index (χ1n) is 5.91. The van der Waals surface area contributed by atoms with E-state index in [0.29, 0.717) is 31.6 Å². The number of rotatable bonds is 3. The van der Waals surface area contributed by atoms with Crippen molar-refractivity contribution >= 4 is 28.9 Å². The van der Waals surface area contributed by atoms with Gasteiger partial charge in [-0.2, -0.15) is 0 Å². The zero-order valence-electron chi connectivity index (χ0n) is 10.1. The Kier molecular flexibility index (Phi) is 3.90. The number of nitrogens with zero attached hydrogens (tertiary/aromatic N) is 2. The van der Waals surface area contributed by atoms with Crippen molar-refractivity contribution in [3.8, 4) is 0 Å². The highest BCUT2D eigenvalue weighted by Crippen LogP contribution is 2.36. The molecule has 19 heavy (non-hydrogen) atoms. The summed E-state index contributed by atoms with van der Waals surface area (Å²) >= 11 is 5.86. The maximum absolute atomic E-state index is 11.1. The Balaban J connectivity index is 2.22. The van der Waals surface area contributed by atoms with E-state index in [1.54, 1.807) is 12.1 Å². The molecule has 1 aliphatic rings. The molecule has 0 atom stereocenters. The lowest BCUT2D eigenvalue weighted by Crippen LogP contribution is -2.36. The van der Waals surface area contributed by atoms with Crippen LogP contribution in [-0.2, 0) is 4.79 Å². The molecule has 0 aromatic heterocycles. The van der Waals surface area contributed by atoms with Crippen molar-refractivity contribution in [2.45, 2.75) is 12.8 Å². The monoisotopic (exact) mass is 284 g/mol. The van der Waals surface area contributed by atoms with Gasteiger partial charge < -0.3 is 10.0 Å². The van der Waals surface area contributed by atoms with Gasteiger partial charge >= 0.3 is 11.7 Å². The van der Waals surface area contributed by atoms with Gasteiger partial charge in [0.25, 0.3) is 0 Å². The Bertz CT molecular complexity index is 512. The first-order valence-corrected chi connectivity index (χ1v) is 6.29. The number of para-hydroxylation sites is 1. The SMILES string of the molecule is O=C(O)C1CCN(c2cccc(Cl)c2[N+](=O)[O-])CC1. The zero-order chi connectivity index (χ0) is 14.0. The van der Waals surface area contributed by atoms with Crippen molar-refractivity contribution in [2.24, 2.45) is 5.92 Å². The lowest BCUT2D eigenvalue weighted by atomic mass is 9.96. The minimum absolute atomic E-state index is 0.0999. The maximum atomic E-state index is 11.1. The van der Waals surface area contributed by atoms with Gasteiger partial charge in [-0.15, -0.1) is 0 Å². The van der Waals surface area contributed by atoms with Crippen molar-refractivity contribution in [3.05, 3.63) is 33.3 Å². The van der Waals surface area contributed by atoms with E-state index in [0.717, 1.165) is 0 Å². The Labute approximate surface area is 114 Å². The van der Waals surface area contributed by atoms with Gasteiger partial charge in [0.2, 0.25) is 0 Å². The second-order valence-corrected chi connectivity index (χ2v) is 4.87. The van der Waals surface area contributed by atoms with Gasteiger partial charge in [0.15, 0.2) is 0 Å². The molecular formula is C12H13ClN2O4. The van der Waals surface area contributed by atoms with Crippen LogP contribution >= 0.6 is 11.6 Å². The summed E-state index contributed by atoms with van der Waals surface area (Å²) in [6.07, 6.45) is 0.970. The Morgan fingerprint density at radius 1 is 1.42 bits per heavy atom. The van der Waals surface area contributed by atoms with Gasteiger partial charge in [0.05, 0.1) is 10.8 Å².